The number of nitrogens with zero attached hydrogens (tertiary/aromatic N) is 1. The van der Waals surface area contributed by atoms with Crippen molar-refractivity contribution in [3.63, 3.8) is 0 Å². The van der Waals surface area contributed by atoms with E-state index in [2.05, 4.69) is 59.7 Å². The van der Waals surface area contributed by atoms with Crippen LogP contribution < -0.4 is 5.73 Å². The van der Waals surface area contributed by atoms with Crippen LogP contribution in [0.15, 0.2) is 22.4 Å². The molecule has 4 heteroatoms. The third kappa shape index (κ3) is 2.59. The molecule has 7 atom stereocenters. The molecule has 0 spiro atoms. The average molecular weight is 465 g/mol. The standard InChI is InChI=1S/C30H44N2O2/c1-25(2)10-12-30(31)13-11-29(7)23(19(30)16-25)20(33)14-22-27(5)15-18-17-32-34-24(18)26(3,4)21(27)8-9-28(22,29)6/h14,17,19,21,23H,8-13,15-16,31H2,1-7H3/t19-,21-,23-,27-,28+,29+,30-/m0/s1. The first-order chi connectivity index (χ1) is 15.7. The maximum absolute atomic E-state index is 14.2. The summed E-state index contributed by atoms with van der Waals surface area (Å²) in [7, 11) is 0. The number of hydrogen-bond donors (Lipinski definition) is 1. The molecule has 0 unspecified atom stereocenters. The average Bonchev–Trinajstić information content (AvgIpc) is 3.20. The van der Waals surface area contributed by atoms with Crippen LogP contribution in [0, 0.1) is 39.4 Å². The number of allylic oxidation sites excluding steroid dienone is 2. The van der Waals surface area contributed by atoms with Crippen molar-refractivity contribution < 1.29 is 9.32 Å². The van der Waals surface area contributed by atoms with Crippen molar-refractivity contribution in [2.75, 3.05) is 0 Å². The highest BCUT2D eigenvalue weighted by atomic mass is 16.5. The molecule has 3 saturated carbocycles. The van der Waals surface area contributed by atoms with Crippen LogP contribution in [-0.4, -0.2) is 16.5 Å². The maximum atomic E-state index is 14.2. The van der Waals surface area contributed by atoms with Crippen LogP contribution in [0.3, 0.4) is 0 Å². The van der Waals surface area contributed by atoms with Gasteiger partial charge in [0, 0.05) is 22.4 Å². The second-order valence-corrected chi connectivity index (χ2v) is 15.0. The number of carbonyl (C=O) groups is 1. The van der Waals surface area contributed by atoms with Crippen molar-refractivity contribution in [2.24, 2.45) is 45.1 Å². The van der Waals surface area contributed by atoms with Crippen LogP contribution in [0.25, 0.3) is 0 Å². The first-order valence-corrected chi connectivity index (χ1v) is 13.7. The molecule has 2 N–H and O–H groups in total. The smallest absolute Gasteiger partial charge is 0.159 e. The monoisotopic (exact) mass is 464 g/mol. The van der Waals surface area contributed by atoms with Crippen molar-refractivity contribution in [3.05, 3.63) is 29.2 Å². The van der Waals surface area contributed by atoms with E-state index in [0.717, 1.165) is 50.7 Å². The fraction of sp³-hybridized carbons (Fsp3) is 0.800. The Balaban J connectivity index is 1.50. The molecule has 186 valence electrons. The van der Waals surface area contributed by atoms with Crippen molar-refractivity contribution in [2.45, 2.75) is 111 Å². The lowest BCUT2D eigenvalue weighted by atomic mass is 9.35. The van der Waals surface area contributed by atoms with Gasteiger partial charge < -0.3 is 10.3 Å². The summed E-state index contributed by atoms with van der Waals surface area (Å²) < 4.78 is 5.79. The Morgan fingerprint density at radius 1 is 1.00 bits per heavy atom. The van der Waals surface area contributed by atoms with E-state index in [0.29, 0.717) is 11.7 Å². The van der Waals surface area contributed by atoms with Gasteiger partial charge in [-0.1, -0.05) is 59.2 Å². The Kier molecular flexibility index (Phi) is 4.38. The zero-order valence-electron chi connectivity index (χ0n) is 22.4. The Labute approximate surface area is 205 Å². The minimum absolute atomic E-state index is 0.0183. The first-order valence-electron chi connectivity index (χ1n) is 13.7. The summed E-state index contributed by atoms with van der Waals surface area (Å²) in [6.07, 6.45) is 12.7. The third-order valence-electron chi connectivity index (χ3n) is 12.4. The minimum Gasteiger partial charge on any atom is -0.361 e. The molecule has 6 rings (SSSR count). The van der Waals surface area contributed by atoms with E-state index in [1.807, 2.05) is 6.20 Å². The highest BCUT2D eigenvalue weighted by Gasteiger charge is 2.69. The normalized spacial score (nSPS) is 48.5. The predicted molar refractivity (Wildman–Crippen MR) is 134 cm³/mol. The molecular formula is C30H44N2O2. The molecule has 0 aromatic carbocycles. The molecule has 5 aliphatic rings. The van der Waals surface area contributed by atoms with Gasteiger partial charge in [-0.15, -0.1) is 0 Å². The molecule has 1 aromatic rings. The molecule has 3 fully saturated rings. The van der Waals surface area contributed by atoms with Gasteiger partial charge in [0.25, 0.3) is 0 Å². The van der Waals surface area contributed by atoms with Crippen LogP contribution in [0.5, 0.6) is 0 Å². The second-order valence-electron chi connectivity index (χ2n) is 15.0. The van der Waals surface area contributed by atoms with E-state index in [9.17, 15) is 4.79 Å². The van der Waals surface area contributed by atoms with Crippen LogP contribution in [0.4, 0.5) is 0 Å². The molecule has 0 radical (unpaired) electrons. The molecule has 0 amide bonds. The SMILES string of the molecule is CC1(C)CC[C@]2(N)CC[C@]3(C)[C@H](C(=O)C=C4[C@@]5(C)Cc6cnoc6C(C)(C)[C@@H]5CC[C@]43C)[C@@H]2C1. The lowest BCUT2D eigenvalue weighted by molar-refractivity contribution is -0.158. The number of rotatable bonds is 0. The zero-order chi connectivity index (χ0) is 24.5. The van der Waals surface area contributed by atoms with E-state index in [1.54, 1.807) is 0 Å². The Bertz CT molecular complexity index is 1100. The van der Waals surface area contributed by atoms with Gasteiger partial charge in [0.1, 0.15) is 5.76 Å². The van der Waals surface area contributed by atoms with Gasteiger partial charge in [-0.2, -0.15) is 0 Å². The highest BCUT2D eigenvalue weighted by Crippen LogP contribution is 2.73. The largest absolute Gasteiger partial charge is 0.361 e. The Morgan fingerprint density at radius 2 is 1.71 bits per heavy atom. The summed E-state index contributed by atoms with van der Waals surface area (Å²) in [5.74, 6) is 2.19. The molecule has 0 aliphatic heterocycles. The van der Waals surface area contributed by atoms with E-state index in [-0.39, 0.29) is 44.4 Å². The van der Waals surface area contributed by atoms with Gasteiger partial charge in [0.2, 0.25) is 0 Å². The molecule has 34 heavy (non-hydrogen) atoms. The van der Waals surface area contributed by atoms with E-state index in [4.69, 9.17) is 10.3 Å². The summed E-state index contributed by atoms with van der Waals surface area (Å²) in [5.41, 5.74) is 9.71. The molecule has 5 aliphatic carbocycles. The lowest BCUT2D eigenvalue weighted by Gasteiger charge is -2.69. The minimum atomic E-state index is -0.178. The van der Waals surface area contributed by atoms with E-state index < -0.39 is 0 Å². The fourth-order valence-corrected chi connectivity index (χ4v) is 10.3. The molecule has 0 bridgehead atoms. The van der Waals surface area contributed by atoms with E-state index in [1.165, 1.54) is 17.6 Å². The van der Waals surface area contributed by atoms with Crippen molar-refractivity contribution >= 4 is 5.78 Å². The molecule has 4 nitrogen and oxygen atoms in total. The van der Waals surface area contributed by atoms with Crippen LogP contribution in [-0.2, 0) is 16.6 Å². The quantitative estimate of drug-likeness (QED) is 0.484. The predicted octanol–water partition coefficient (Wildman–Crippen LogP) is 6.38. The van der Waals surface area contributed by atoms with Crippen molar-refractivity contribution in [3.8, 4) is 0 Å². The van der Waals surface area contributed by atoms with Crippen LogP contribution >= 0.6 is 0 Å². The van der Waals surface area contributed by atoms with Gasteiger partial charge in [0.05, 0.1) is 6.20 Å². The maximum Gasteiger partial charge on any atom is 0.159 e. The molecule has 0 saturated heterocycles. The fourth-order valence-electron chi connectivity index (χ4n) is 10.3. The van der Waals surface area contributed by atoms with Crippen LogP contribution in [0.2, 0.25) is 0 Å². The number of fused-ring (bicyclic) bond motifs is 8. The molecular weight excluding hydrogens is 420 g/mol. The van der Waals surface area contributed by atoms with Gasteiger partial charge in [-0.3, -0.25) is 4.79 Å². The summed E-state index contributed by atoms with van der Waals surface area (Å²) in [4.78, 5) is 14.2. The van der Waals surface area contributed by atoms with Gasteiger partial charge >= 0.3 is 0 Å². The zero-order valence-corrected chi connectivity index (χ0v) is 22.4. The number of ketones is 1. The van der Waals surface area contributed by atoms with Crippen molar-refractivity contribution in [1.29, 1.82) is 0 Å². The number of aromatic nitrogens is 1. The molecule has 1 heterocycles. The second kappa shape index (κ2) is 6.47. The van der Waals surface area contributed by atoms with Gasteiger partial charge in [-0.25, -0.2) is 0 Å². The topological polar surface area (TPSA) is 69.1 Å². The Hall–Kier alpha value is -1.42. The molecule has 1 aromatic heterocycles. The summed E-state index contributed by atoms with van der Waals surface area (Å²) >= 11 is 0. The van der Waals surface area contributed by atoms with Crippen molar-refractivity contribution in [1.82, 2.24) is 5.16 Å². The van der Waals surface area contributed by atoms with E-state index >= 15 is 0 Å². The highest BCUT2D eigenvalue weighted by molar-refractivity contribution is 5.95. The van der Waals surface area contributed by atoms with Gasteiger partial charge in [-0.05, 0) is 90.9 Å². The number of hydrogen-bond acceptors (Lipinski definition) is 4. The van der Waals surface area contributed by atoms with Crippen LogP contribution in [0.1, 0.15) is 105 Å². The number of nitrogens with two attached hydrogens (primary N) is 1. The summed E-state index contributed by atoms with van der Waals surface area (Å²) in [6, 6.07) is 0. The first kappa shape index (κ1) is 23.0. The Morgan fingerprint density at radius 3 is 2.44 bits per heavy atom. The summed E-state index contributed by atoms with van der Waals surface area (Å²) in [6.45, 7) is 16.8. The number of carbonyl (C=O) groups excluding carboxylic acids is 1. The third-order valence-corrected chi connectivity index (χ3v) is 12.4. The summed E-state index contributed by atoms with van der Waals surface area (Å²) in [5, 5.41) is 4.20. The lowest BCUT2D eigenvalue weighted by Crippen LogP contribution is -2.68. The van der Waals surface area contributed by atoms with Gasteiger partial charge in [0.15, 0.2) is 5.78 Å².